The summed E-state index contributed by atoms with van der Waals surface area (Å²) in [5.74, 6) is 0.170. The molecule has 0 aliphatic carbocycles. The highest BCUT2D eigenvalue weighted by atomic mass is 16.3. The van der Waals surface area contributed by atoms with Crippen molar-refractivity contribution >= 4 is 5.91 Å². The quantitative estimate of drug-likeness (QED) is 0.729. The summed E-state index contributed by atoms with van der Waals surface area (Å²) in [6.07, 6.45) is 3.91. The predicted octanol–water partition coefficient (Wildman–Crippen LogP) is 0.168. The van der Waals surface area contributed by atoms with E-state index in [1.807, 2.05) is 6.92 Å². The fourth-order valence-corrected chi connectivity index (χ4v) is 1.23. The van der Waals surface area contributed by atoms with Crippen molar-refractivity contribution in [2.75, 3.05) is 13.2 Å². The normalized spacial score (nSPS) is 12.5. The molecule has 0 saturated carbocycles. The van der Waals surface area contributed by atoms with Crippen LogP contribution >= 0.6 is 0 Å². The van der Waals surface area contributed by atoms with Gasteiger partial charge in [-0.1, -0.05) is 6.92 Å². The van der Waals surface area contributed by atoms with E-state index in [0.717, 1.165) is 0 Å². The lowest BCUT2D eigenvalue weighted by atomic mass is 10.1. The number of amides is 1. The van der Waals surface area contributed by atoms with E-state index in [1.54, 1.807) is 17.9 Å². The number of hydrogen-bond acceptors (Lipinski definition) is 3. The third kappa shape index (κ3) is 3.71. The van der Waals surface area contributed by atoms with Crippen molar-refractivity contribution in [3.63, 3.8) is 0 Å². The average Bonchev–Trinajstić information content (AvgIpc) is 2.62. The minimum atomic E-state index is -0.118. The Labute approximate surface area is 89.1 Å². The number of rotatable bonds is 5. The molecule has 1 atom stereocenters. The van der Waals surface area contributed by atoms with Crippen LogP contribution in [0, 0.1) is 5.92 Å². The van der Waals surface area contributed by atoms with Gasteiger partial charge in [0.2, 0.25) is 0 Å². The third-order valence-corrected chi connectivity index (χ3v) is 2.20. The van der Waals surface area contributed by atoms with Gasteiger partial charge in [0.1, 0.15) is 0 Å². The van der Waals surface area contributed by atoms with Crippen LogP contribution in [-0.4, -0.2) is 33.9 Å². The predicted molar refractivity (Wildman–Crippen MR) is 56.4 cm³/mol. The van der Waals surface area contributed by atoms with E-state index in [0.29, 0.717) is 18.5 Å². The Balaban J connectivity index is 2.36. The first kappa shape index (κ1) is 11.7. The van der Waals surface area contributed by atoms with Crippen molar-refractivity contribution in [3.8, 4) is 0 Å². The van der Waals surface area contributed by atoms with E-state index in [4.69, 9.17) is 5.11 Å². The Bertz CT molecular complexity index is 322. The van der Waals surface area contributed by atoms with E-state index >= 15 is 0 Å². The van der Waals surface area contributed by atoms with Gasteiger partial charge in [-0.15, -0.1) is 0 Å². The first-order chi connectivity index (χ1) is 7.13. The minimum Gasteiger partial charge on any atom is -0.396 e. The molecule has 0 radical (unpaired) electrons. The van der Waals surface area contributed by atoms with Crippen LogP contribution in [0.3, 0.4) is 0 Å². The maximum absolute atomic E-state index is 11.5. The summed E-state index contributed by atoms with van der Waals surface area (Å²) in [7, 11) is 1.77. The van der Waals surface area contributed by atoms with E-state index < -0.39 is 0 Å². The second kappa shape index (κ2) is 5.50. The zero-order valence-electron chi connectivity index (χ0n) is 9.10. The van der Waals surface area contributed by atoms with Gasteiger partial charge in [0.05, 0.1) is 11.8 Å². The van der Waals surface area contributed by atoms with Gasteiger partial charge in [-0.05, 0) is 12.3 Å². The molecule has 1 amide bonds. The maximum Gasteiger partial charge on any atom is 0.254 e. The second-order valence-corrected chi connectivity index (χ2v) is 3.73. The van der Waals surface area contributed by atoms with Crippen molar-refractivity contribution in [2.24, 2.45) is 13.0 Å². The van der Waals surface area contributed by atoms with Crippen LogP contribution in [0.15, 0.2) is 12.4 Å². The van der Waals surface area contributed by atoms with Crippen LogP contribution in [0.2, 0.25) is 0 Å². The first-order valence-electron chi connectivity index (χ1n) is 5.01. The molecule has 1 aromatic heterocycles. The summed E-state index contributed by atoms with van der Waals surface area (Å²) < 4.78 is 1.59. The molecular weight excluding hydrogens is 194 g/mol. The molecule has 0 fully saturated rings. The van der Waals surface area contributed by atoms with Gasteiger partial charge >= 0.3 is 0 Å². The Morgan fingerprint density at radius 2 is 2.47 bits per heavy atom. The van der Waals surface area contributed by atoms with Crippen molar-refractivity contribution < 1.29 is 9.90 Å². The number of carbonyl (C=O) groups is 1. The molecule has 15 heavy (non-hydrogen) atoms. The molecule has 0 bridgehead atoms. The highest BCUT2D eigenvalue weighted by molar-refractivity contribution is 5.93. The van der Waals surface area contributed by atoms with Crippen LogP contribution in [0.5, 0.6) is 0 Å². The molecule has 0 aliphatic heterocycles. The number of aliphatic hydroxyl groups is 1. The zero-order chi connectivity index (χ0) is 11.3. The van der Waals surface area contributed by atoms with Gasteiger partial charge in [0.25, 0.3) is 5.91 Å². The number of aryl methyl sites for hydroxylation is 1. The smallest absolute Gasteiger partial charge is 0.254 e. The summed E-state index contributed by atoms with van der Waals surface area (Å²) in [6.45, 7) is 2.72. The largest absolute Gasteiger partial charge is 0.396 e. The van der Waals surface area contributed by atoms with Gasteiger partial charge in [-0.25, -0.2) is 0 Å². The van der Waals surface area contributed by atoms with Gasteiger partial charge in [-0.2, -0.15) is 5.10 Å². The molecule has 5 heteroatoms. The molecule has 84 valence electrons. The molecule has 1 unspecified atom stereocenters. The highest BCUT2D eigenvalue weighted by Crippen LogP contribution is 2.00. The number of nitrogens with zero attached hydrogens (tertiary/aromatic N) is 2. The zero-order valence-corrected chi connectivity index (χ0v) is 9.10. The summed E-state index contributed by atoms with van der Waals surface area (Å²) in [5, 5.41) is 15.4. The van der Waals surface area contributed by atoms with Crippen molar-refractivity contribution in [1.29, 1.82) is 0 Å². The van der Waals surface area contributed by atoms with Crippen LogP contribution in [-0.2, 0) is 7.05 Å². The molecule has 2 N–H and O–H groups in total. The van der Waals surface area contributed by atoms with Gasteiger partial charge in [-0.3, -0.25) is 9.48 Å². The summed E-state index contributed by atoms with van der Waals surface area (Å²) in [4.78, 5) is 11.5. The number of nitrogens with one attached hydrogen (secondary N) is 1. The Morgan fingerprint density at radius 1 is 1.73 bits per heavy atom. The molecule has 0 spiro atoms. The molecule has 1 heterocycles. The van der Waals surface area contributed by atoms with E-state index in [1.165, 1.54) is 6.20 Å². The maximum atomic E-state index is 11.5. The van der Waals surface area contributed by atoms with Crippen LogP contribution in [0.4, 0.5) is 0 Å². The van der Waals surface area contributed by atoms with Crippen molar-refractivity contribution in [1.82, 2.24) is 15.1 Å². The Kier molecular flexibility index (Phi) is 4.30. The third-order valence-electron chi connectivity index (χ3n) is 2.20. The lowest BCUT2D eigenvalue weighted by Crippen LogP contribution is -2.28. The van der Waals surface area contributed by atoms with Crippen molar-refractivity contribution in [2.45, 2.75) is 13.3 Å². The highest BCUT2D eigenvalue weighted by Gasteiger charge is 2.08. The van der Waals surface area contributed by atoms with Crippen LogP contribution < -0.4 is 5.32 Å². The fourth-order valence-electron chi connectivity index (χ4n) is 1.23. The monoisotopic (exact) mass is 211 g/mol. The molecule has 1 rings (SSSR count). The molecule has 5 nitrogen and oxygen atoms in total. The van der Waals surface area contributed by atoms with Crippen LogP contribution in [0.1, 0.15) is 23.7 Å². The topological polar surface area (TPSA) is 67.2 Å². The number of aromatic nitrogens is 2. The standard InChI is InChI=1S/C10H17N3O2/c1-8(3-4-14)5-11-10(15)9-6-12-13(2)7-9/h6-8,14H,3-5H2,1-2H3,(H,11,15). The Hall–Kier alpha value is -1.36. The fraction of sp³-hybridized carbons (Fsp3) is 0.600. The lowest BCUT2D eigenvalue weighted by molar-refractivity contribution is 0.0945. The molecule has 0 saturated heterocycles. The minimum absolute atomic E-state index is 0.118. The number of aliphatic hydroxyl groups excluding tert-OH is 1. The van der Waals surface area contributed by atoms with Gasteiger partial charge < -0.3 is 10.4 Å². The Morgan fingerprint density at radius 3 is 3.00 bits per heavy atom. The lowest BCUT2D eigenvalue weighted by Gasteiger charge is -2.09. The van der Waals surface area contributed by atoms with Crippen molar-refractivity contribution in [3.05, 3.63) is 18.0 Å². The summed E-state index contributed by atoms with van der Waals surface area (Å²) >= 11 is 0. The second-order valence-electron chi connectivity index (χ2n) is 3.73. The van der Waals surface area contributed by atoms with E-state index in [9.17, 15) is 4.79 Å². The van der Waals surface area contributed by atoms with E-state index in [-0.39, 0.29) is 18.4 Å². The van der Waals surface area contributed by atoms with Gasteiger partial charge in [0, 0.05) is 26.4 Å². The van der Waals surface area contributed by atoms with E-state index in [2.05, 4.69) is 10.4 Å². The molecule has 0 aromatic carbocycles. The van der Waals surface area contributed by atoms with Gasteiger partial charge in [0.15, 0.2) is 0 Å². The molecule has 0 aliphatic rings. The summed E-state index contributed by atoms with van der Waals surface area (Å²) in [5.41, 5.74) is 0.564. The molecule has 1 aromatic rings. The number of carbonyl (C=O) groups excluding carboxylic acids is 1. The summed E-state index contributed by atoms with van der Waals surface area (Å²) in [6, 6.07) is 0. The van der Waals surface area contributed by atoms with Crippen LogP contribution in [0.25, 0.3) is 0 Å². The average molecular weight is 211 g/mol. The number of hydrogen-bond donors (Lipinski definition) is 2. The first-order valence-corrected chi connectivity index (χ1v) is 5.01. The SMILES string of the molecule is CC(CCO)CNC(=O)c1cnn(C)c1. The molecular formula is C10H17N3O2.